The highest BCUT2D eigenvalue weighted by Gasteiger charge is 2.19. The van der Waals surface area contributed by atoms with E-state index in [0.29, 0.717) is 5.56 Å². The number of aromatic nitrogens is 2. The van der Waals surface area contributed by atoms with Gasteiger partial charge in [-0.05, 0) is 30.7 Å². The van der Waals surface area contributed by atoms with Crippen molar-refractivity contribution in [2.24, 2.45) is 0 Å². The zero-order valence-corrected chi connectivity index (χ0v) is 9.83. The first kappa shape index (κ1) is 12.7. The second-order valence-electron chi connectivity index (χ2n) is 3.69. The van der Waals surface area contributed by atoms with Crippen LogP contribution in [0.25, 0.3) is 0 Å². The Morgan fingerprint density at radius 3 is 2.84 bits per heavy atom. The Bertz CT molecular complexity index is 648. The highest BCUT2D eigenvalue weighted by molar-refractivity contribution is 5.44. The van der Waals surface area contributed by atoms with Gasteiger partial charge in [-0.1, -0.05) is 0 Å². The third kappa shape index (κ3) is 2.73. The van der Waals surface area contributed by atoms with Crippen molar-refractivity contribution in [2.45, 2.75) is 6.92 Å². The molecule has 98 valence electrons. The number of anilines is 1. The maximum absolute atomic E-state index is 13.1. The number of rotatable bonds is 3. The van der Waals surface area contributed by atoms with Crippen LogP contribution in [0.3, 0.4) is 0 Å². The number of nitrogen functional groups attached to an aromatic ring is 1. The van der Waals surface area contributed by atoms with Gasteiger partial charge in [0.2, 0.25) is 5.95 Å². The number of nitrogens with zero attached hydrogens (tertiary/aromatic N) is 3. The lowest BCUT2D eigenvalue weighted by Crippen LogP contribution is -2.01. The molecule has 0 aliphatic rings. The molecule has 2 aromatic rings. The molecule has 0 spiro atoms. The molecule has 2 N–H and O–H groups in total. The summed E-state index contributed by atoms with van der Waals surface area (Å²) < 4.78 is 18.3. The highest BCUT2D eigenvalue weighted by Crippen LogP contribution is 2.29. The van der Waals surface area contributed by atoms with Gasteiger partial charge in [-0.2, -0.15) is 4.98 Å². The van der Waals surface area contributed by atoms with E-state index in [2.05, 4.69) is 9.97 Å². The summed E-state index contributed by atoms with van der Waals surface area (Å²) in [4.78, 5) is 17.3. The molecule has 0 saturated heterocycles. The Morgan fingerprint density at radius 2 is 2.21 bits per heavy atom. The molecule has 0 radical (unpaired) electrons. The third-order valence-corrected chi connectivity index (χ3v) is 2.29. The predicted molar refractivity (Wildman–Crippen MR) is 64.3 cm³/mol. The van der Waals surface area contributed by atoms with Crippen molar-refractivity contribution in [3.63, 3.8) is 0 Å². The van der Waals surface area contributed by atoms with Gasteiger partial charge < -0.3 is 10.5 Å². The van der Waals surface area contributed by atoms with Crippen LogP contribution in [-0.4, -0.2) is 14.9 Å². The zero-order valence-electron chi connectivity index (χ0n) is 9.83. The van der Waals surface area contributed by atoms with Crippen molar-refractivity contribution in [3.05, 3.63) is 45.9 Å². The molecule has 0 aliphatic heterocycles. The fourth-order valence-corrected chi connectivity index (χ4v) is 1.37. The molecule has 0 unspecified atom stereocenters. The van der Waals surface area contributed by atoms with Gasteiger partial charge in [-0.15, -0.1) is 0 Å². The number of benzene rings is 1. The number of hydrogen-bond donors (Lipinski definition) is 1. The van der Waals surface area contributed by atoms with E-state index in [-0.39, 0.29) is 17.6 Å². The maximum atomic E-state index is 13.1. The molecular formula is C11H9FN4O3. The Kier molecular flexibility index (Phi) is 3.23. The number of nitrogens with two attached hydrogens (primary N) is 1. The zero-order chi connectivity index (χ0) is 14.0. The Balaban J connectivity index is 2.39. The Labute approximate surface area is 107 Å². The second-order valence-corrected chi connectivity index (χ2v) is 3.69. The summed E-state index contributed by atoms with van der Waals surface area (Å²) in [6.07, 6.45) is 0.952. The fourth-order valence-electron chi connectivity index (χ4n) is 1.37. The number of halogens is 1. The van der Waals surface area contributed by atoms with Crippen molar-refractivity contribution < 1.29 is 14.1 Å². The summed E-state index contributed by atoms with van der Waals surface area (Å²) in [6, 6.07) is 3.93. The predicted octanol–water partition coefficient (Wildman–Crippen LogP) is 2.21. The van der Waals surface area contributed by atoms with E-state index in [9.17, 15) is 14.5 Å². The molecule has 0 fully saturated rings. The molecule has 8 heteroatoms. The standard InChI is InChI=1S/C11H9FN4O3/c1-6-4-7(2-3-8(6)12)19-10-9(16(17)18)5-14-11(13)15-10/h2-5H,1H3,(H2,13,14,15). The van der Waals surface area contributed by atoms with Crippen molar-refractivity contribution in [1.29, 1.82) is 0 Å². The molecule has 2 rings (SSSR count). The van der Waals surface area contributed by atoms with Crippen LogP contribution in [-0.2, 0) is 0 Å². The minimum absolute atomic E-state index is 0.153. The summed E-state index contributed by atoms with van der Waals surface area (Å²) in [5, 5.41) is 10.8. The van der Waals surface area contributed by atoms with E-state index in [0.717, 1.165) is 6.20 Å². The maximum Gasteiger partial charge on any atom is 0.349 e. The summed E-state index contributed by atoms with van der Waals surface area (Å²) in [5.41, 5.74) is 5.28. The first-order valence-corrected chi connectivity index (χ1v) is 5.18. The monoisotopic (exact) mass is 264 g/mol. The van der Waals surface area contributed by atoms with E-state index in [1.807, 2.05) is 0 Å². The third-order valence-electron chi connectivity index (χ3n) is 2.29. The molecule has 1 aromatic carbocycles. The average molecular weight is 264 g/mol. The lowest BCUT2D eigenvalue weighted by molar-refractivity contribution is -0.386. The van der Waals surface area contributed by atoms with Gasteiger partial charge in [0, 0.05) is 0 Å². The molecule has 1 heterocycles. The topological polar surface area (TPSA) is 104 Å². The summed E-state index contributed by atoms with van der Waals surface area (Å²) >= 11 is 0. The molecule has 0 saturated carbocycles. The van der Waals surface area contributed by atoms with E-state index in [1.54, 1.807) is 6.92 Å². The van der Waals surface area contributed by atoms with E-state index in [4.69, 9.17) is 10.5 Å². The van der Waals surface area contributed by atoms with Gasteiger partial charge in [-0.3, -0.25) is 10.1 Å². The summed E-state index contributed by atoms with van der Waals surface area (Å²) in [6.45, 7) is 1.55. The molecule has 0 bridgehead atoms. The average Bonchev–Trinajstić information content (AvgIpc) is 2.33. The van der Waals surface area contributed by atoms with Gasteiger partial charge >= 0.3 is 11.6 Å². The van der Waals surface area contributed by atoms with E-state index < -0.39 is 16.4 Å². The van der Waals surface area contributed by atoms with Crippen LogP contribution in [0.5, 0.6) is 11.6 Å². The van der Waals surface area contributed by atoms with Crippen LogP contribution >= 0.6 is 0 Å². The number of nitro groups is 1. The lowest BCUT2D eigenvalue weighted by Gasteiger charge is -2.06. The normalized spacial score (nSPS) is 10.2. The van der Waals surface area contributed by atoms with Gasteiger partial charge in [0.1, 0.15) is 17.8 Å². The number of ether oxygens (including phenoxy) is 1. The minimum atomic E-state index is -0.689. The van der Waals surface area contributed by atoms with Crippen LogP contribution in [0.15, 0.2) is 24.4 Å². The summed E-state index contributed by atoms with van der Waals surface area (Å²) in [7, 11) is 0. The van der Waals surface area contributed by atoms with Gasteiger partial charge in [-0.25, -0.2) is 9.37 Å². The quantitative estimate of drug-likeness (QED) is 0.673. The lowest BCUT2D eigenvalue weighted by atomic mass is 10.2. The Hall–Kier alpha value is -2.77. The molecule has 7 nitrogen and oxygen atoms in total. The van der Waals surface area contributed by atoms with Crippen LogP contribution in [0.2, 0.25) is 0 Å². The van der Waals surface area contributed by atoms with Gasteiger partial charge in [0.15, 0.2) is 0 Å². The first-order valence-electron chi connectivity index (χ1n) is 5.18. The van der Waals surface area contributed by atoms with Gasteiger partial charge in [0.25, 0.3) is 0 Å². The fraction of sp³-hybridized carbons (Fsp3) is 0.0909. The van der Waals surface area contributed by atoms with E-state index in [1.165, 1.54) is 18.2 Å². The van der Waals surface area contributed by atoms with Crippen molar-refractivity contribution >= 4 is 11.6 Å². The molecule has 0 amide bonds. The Morgan fingerprint density at radius 1 is 1.47 bits per heavy atom. The second kappa shape index (κ2) is 4.84. The van der Waals surface area contributed by atoms with Crippen molar-refractivity contribution in [2.75, 3.05) is 5.73 Å². The SMILES string of the molecule is Cc1cc(Oc2nc(N)ncc2[N+](=O)[O-])ccc1F. The van der Waals surface area contributed by atoms with Crippen LogP contribution in [0.4, 0.5) is 16.0 Å². The molecular weight excluding hydrogens is 255 g/mol. The van der Waals surface area contributed by atoms with Crippen LogP contribution < -0.4 is 10.5 Å². The molecule has 1 aromatic heterocycles. The first-order chi connectivity index (χ1) is 8.97. The number of hydrogen-bond acceptors (Lipinski definition) is 6. The summed E-state index contributed by atoms with van der Waals surface area (Å²) in [5.74, 6) is -0.618. The van der Waals surface area contributed by atoms with E-state index >= 15 is 0 Å². The minimum Gasteiger partial charge on any atom is -0.434 e. The highest BCUT2D eigenvalue weighted by atomic mass is 19.1. The largest absolute Gasteiger partial charge is 0.434 e. The van der Waals surface area contributed by atoms with Crippen LogP contribution in [0, 0.1) is 22.9 Å². The van der Waals surface area contributed by atoms with Crippen molar-refractivity contribution in [3.8, 4) is 11.6 Å². The molecule has 0 aliphatic carbocycles. The molecule has 0 atom stereocenters. The van der Waals surface area contributed by atoms with Gasteiger partial charge in [0.05, 0.1) is 4.92 Å². The molecule has 19 heavy (non-hydrogen) atoms. The van der Waals surface area contributed by atoms with Crippen LogP contribution in [0.1, 0.15) is 5.56 Å². The number of aryl methyl sites for hydroxylation is 1. The smallest absolute Gasteiger partial charge is 0.349 e. The van der Waals surface area contributed by atoms with Crippen molar-refractivity contribution in [1.82, 2.24) is 9.97 Å².